The van der Waals surface area contributed by atoms with Gasteiger partial charge in [-0.1, -0.05) is 0 Å². The summed E-state index contributed by atoms with van der Waals surface area (Å²) in [6.07, 6.45) is 0.811. The van der Waals surface area contributed by atoms with E-state index in [9.17, 15) is 14.4 Å². The van der Waals surface area contributed by atoms with Gasteiger partial charge in [0.15, 0.2) is 0 Å². The number of carbonyl (C=O) groups is 3. The summed E-state index contributed by atoms with van der Waals surface area (Å²) in [5.41, 5.74) is 15.6. The first-order valence-electron chi connectivity index (χ1n) is 5.35. The normalized spacial score (nSPS) is 14.0. The maximum absolute atomic E-state index is 11.4. The fourth-order valence-corrected chi connectivity index (χ4v) is 1.55. The highest BCUT2D eigenvalue weighted by atomic mass is 32.1. The van der Waals surface area contributed by atoms with Crippen molar-refractivity contribution in [2.45, 2.75) is 31.7 Å². The number of carbonyl (C=O) groups excluding carboxylic acids is 3. The highest BCUT2D eigenvalue weighted by molar-refractivity contribution is 7.80. The molecule has 6 nitrogen and oxygen atoms in total. The summed E-state index contributed by atoms with van der Waals surface area (Å²) in [5, 5.41) is 0. The average Bonchev–Trinajstić information content (AvgIpc) is 2.26. The van der Waals surface area contributed by atoms with E-state index in [2.05, 4.69) is 12.6 Å². The lowest BCUT2D eigenvalue weighted by atomic mass is 9.94. The lowest BCUT2D eigenvalue weighted by molar-refractivity contribution is -0.123. The van der Waals surface area contributed by atoms with Crippen LogP contribution in [-0.2, 0) is 14.4 Å². The third-order valence-corrected chi connectivity index (χ3v) is 2.88. The highest BCUT2D eigenvalue weighted by Gasteiger charge is 2.19. The maximum atomic E-state index is 11.4. The van der Waals surface area contributed by atoms with E-state index in [1.807, 2.05) is 0 Å². The first-order chi connectivity index (χ1) is 7.88. The summed E-state index contributed by atoms with van der Waals surface area (Å²) in [5.74, 6) is -1.43. The molecule has 6 N–H and O–H groups in total. The molecule has 0 heterocycles. The van der Waals surface area contributed by atoms with Gasteiger partial charge >= 0.3 is 0 Å². The number of rotatable bonds is 9. The van der Waals surface area contributed by atoms with E-state index in [0.717, 1.165) is 0 Å². The molecule has 0 aromatic carbocycles. The van der Waals surface area contributed by atoms with Gasteiger partial charge in [-0.2, -0.15) is 12.6 Å². The van der Waals surface area contributed by atoms with Crippen LogP contribution in [0, 0.1) is 5.92 Å². The van der Waals surface area contributed by atoms with Crippen LogP contribution in [0.15, 0.2) is 0 Å². The molecule has 0 aliphatic heterocycles. The predicted molar refractivity (Wildman–Crippen MR) is 67.2 cm³/mol. The molecule has 17 heavy (non-hydrogen) atoms. The Hall–Kier alpha value is -1.08. The fraction of sp³-hybridized carbons (Fsp3) is 0.700. The van der Waals surface area contributed by atoms with Crippen LogP contribution in [0.25, 0.3) is 0 Å². The Morgan fingerprint density at radius 2 is 1.59 bits per heavy atom. The third-order valence-electron chi connectivity index (χ3n) is 2.49. The zero-order chi connectivity index (χ0) is 13.4. The van der Waals surface area contributed by atoms with E-state index >= 15 is 0 Å². The molecule has 0 unspecified atom stereocenters. The number of Topliss-reactive ketones (excluding diaryl/α,β-unsaturated/α-hetero) is 1. The van der Waals surface area contributed by atoms with Crippen LogP contribution in [-0.4, -0.2) is 29.4 Å². The Labute approximate surface area is 106 Å². The summed E-state index contributed by atoms with van der Waals surface area (Å²) in [6, 6.07) is -0.622. The second-order valence-electron chi connectivity index (χ2n) is 3.90. The molecule has 7 heteroatoms. The topological polar surface area (TPSA) is 129 Å². The summed E-state index contributed by atoms with van der Waals surface area (Å²) in [6.45, 7) is 0. The van der Waals surface area contributed by atoms with Gasteiger partial charge in [-0.15, -0.1) is 0 Å². The van der Waals surface area contributed by atoms with E-state index in [1.165, 1.54) is 0 Å². The van der Waals surface area contributed by atoms with Gasteiger partial charge < -0.3 is 17.2 Å². The molecule has 0 aromatic rings. The van der Waals surface area contributed by atoms with Crippen molar-refractivity contribution < 1.29 is 14.4 Å². The molecule has 2 atom stereocenters. The summed E-state index contributed by atoms with van der Waals surface area (Å²) in [7, 11) is 0. The lowest BCUT2D eigenvalue weighted by Crippen LogP contribution is -2.33. The fourth-order valence-electron chi connectivity index (χ4n) is 1.35. The van der Waals surface area contributed by atoms with Gasteiger partial charge in [0.2, 0.25) is 11.8 Å². The largest absolute Gasteiger partial charge is 0.370 e. The monoisotopic (exact) mass is 261 g/mol. The molecule has 0 aliphatic carbocycles. The zero-order valence-corrected chi connectivity index (χ0v) is 10.5. The van der Waals surface area contributed by atoms with Crippen LogP contribution in [0.1, 0.15) is 25.7 Å². The Kier molecular flexibility index (Phi) is 7.56. The van der Waals surface area contributed by atoms with Crippen LogP contribution in [0.4, 0.5) is 0 Å². The molecule has 98 valence electrons. The molecule has 0 aromatic heterocycles. The van der Waals surface area contributed by atoms with Crippen LogP contribution in [0.5, 0.6) is 0 Å². The highest BCUT2D eigenvalue weighted by Crippen LogP contribution is 2.14. The van der Waals surface area contributed by atoms with Gasteiger partial charge in [-0.3, -0.25) is 14.4 Å². The maximum Gasteiger partial charge on any atom is 0.220 e. The Morgan fingerprint density at radius 3 is 2.00 bits per heavy atom. The van der Waals surface area contributed by atoms with Crippen molar-refractivity contribution in [3.63, 3.8) is 0 Å². The van der Waals surface area contributed by atoms with E-state index in [0.29, 0.717) is 6.42 Å². The molecule has 2 amide bonds. The van der Waals surface area contributed by atoms with Crippen LogP contribution in [0.2, 0.25) is 0 Å². The Balaban J connectivity index is 4.13. The molecule has 0 fully saturated rings. The SMILES string of the molecule is NC(=O)CC[C@H](CCC(=O)[C@@H](N)CS)C(N)=O. The van der Waals surface area contributed by atoms with Crippen molar-refractivity contribution in [3.8, 4) is 0 Å². The number of amides is 2. The van der Waals surface area contributed by atoms with Gasteiger partial charge in [0.25, 0.3) is 0 Å². The van der Waals surface area contributed by atoms with Crippen LogP contribution >= 0.6 is 12.6 Å². The number of hydrogen-bond acceptors (Lipinski definition) is 5. The molecular weight excluding hydrogens is 242 g/mol. The molecule has 0 saturated carbocycles. The van der Waals surface area contributed by atoms with Gasteiger partial charge in [-0.25, -0.2) is 0 Å². The first kappa shape index (κ1) is 15.9. The second kappa shape index (κ2) is 8.08. The van der Waals surface area contributed by atoms with Crippen LogP contribution < -0.4 is 17.2 Å². The van der Waals surface area contributed by atoms with Crippen LogP contribution in [0.3, 0.4) is 0 Å². The summed E-state index contributed by atoms with van der Waals surface area (Å²) < 4.78 is 0. The van der Waals surface area contributed by atoms with E-state index in [4.69, 9.17) is 17.2 Å². The molecule has 0 rings (SSSR count). The number of hydrogen-bond donors (Lipinski definition) is 4. The van der Waals surface area contributed by atoms with Gasteiger partial charge in [0.05, 0.1) is 6.04 Å². The van der Waals surface area contributed by atoms with Crippen molar-refractivity contribution in [3.05, 3.63) is 0 Å². The van der Waals surface area contributed by atoms with Crippen molar-refractivity contribution in [2.75, 3.05) is 5.75 Å². The predicted octanol–water partition coefficient (Wildman–Crippen LogP) is -1.04. The quantitative estimate of drug-likeness (QED) is 0.395. The number of ketones is 1. The Morgan fingerprint density at radius 1 is 1.06 bits per heavy atom. The van der Waals surface area contributed by atoms with Gasteiger partial charge in [0, 0.05) is 24.5 Å². The number of primary amides is 2. The minimum atomic E-state index is -0.622. The Bertz CT molecular complexity index is 297. The summed E-state index contributed by atoms with van der Waals surface area (Å²) in [4.78, 5) is 33.1. The second-order valence-corrected chi connectivity index (χ2v) is 4.26. The third kappa shape index (κ3) is 6.96. The minimum Gasteiger partial charge on any atom is -0.370 e. The molecule has 0 bridgehead atoms. The number of nitrogens with two attached hydrogens (primary N) is 3. The minimum absolute atomic E-state index is 0.0837. The van der Waals surface area contributed by atoms with E-state index in [1.54, 1.807) is 0 Å². The molecular formula is C10H19N3O3S. The smallest absolute Gasteiger partial charge is 0.220 e. The summed E-state index contributed by atoms with van der Waals surface area (Å²) >= 11 is 3.91. The number of thiol groups is 1. The molecule has 0 radical (unpaired) electrons. The molecule has 0 aliphatic rings. The van der Waals surface area contributed by atoms with Crippen molar-refractivity contribution in [2.24, 2.45) is 23.1 Å². The lowest BCUT2D eigenvalue weighted by Gasteiger charge is -2.13. The van der Waals surface area contributed by atoms with Gasteiger partial charge in [0.1, 0.15) is 5.78 Å². The molecule has 0 saturated heterocycles. The van der Waals surface area contributed by atoms with E-state index < -0.39 is 23.8 Å². The first-order valence-corrected chi connectivity index (χ1v) is 5.98. The average molecular weight is 261 g/mol. The standard InChI is InChI=1S/C10H19N3O3S/c11-7(5-17)8(14)3-1-6(10(13)16)2-4-9(12)15/h6-7,17H,1-5,11H2,(H2,12,15)(H2,13,16)/t6-,7-/m0/s1. The van der Waals surface area contributed by atoms with E-state index in [-0.39, 0.29) is 30.8 Å². The van der Waals surface area contributed by atoms with Crippen molar-refractivity contribution >= 4 is 30.2 Å². The van der Waals surface area contributed by atoms with Gasteiger partial charge in [-0.05, 0) is 12.8 Å². The molecule has 0 spiro atoms. The zero-order valence-electron chi connectivity index (χ0n) is 9.59. The van der Waals surface area contributed by atoms with Crippen molar-refractivity contribution in [1.82, 2.24) is 0 Å². The van der Waals surface area contributed by atoms with Crippen molar-refractivity contribution in [1.29, 1.82) is 0 Å².